The number of alkyl carbamates (subject to hydrolysis) is 1. The number of nitrogens with one attached hydrogen (secondary N) is 2. The highest BCUT2D eigenvalue weighted by molar-refractivity contribution is 5.93. The molecule has 0 aliphatic heterocycles. The Hall–Kier alpha value is -4.28. The standard InChI is InChI=1S/C27H35N3O8/c1-6-30(23(18-9-13-20(32)14-10-18)24(34)28-16-22(33)37-5)25(35)21(29-26(36)38-27(2,3)4)15-17-7-11-19(31)12-8-17/h7-14,21,23,31-32H,6,15-16H2,1-5H3,(H,28,34)(H,29,36). The van der Waals surface area contributed by atoms with E-state index in [1.54, 1.807) is 39.8 Å². The van der Waals surface area contributed by atoms with Gasteiger partial charge in [0.15, 0.2) is 0 Å². The second-order valence-electron chi connectivity index (χ2n) is 9.48. The lowest BCUT2D eigenvalue weighted by atomic mass is 10.00. The Kier molecular flexibility index (Phi) is 10.5. The Bertz CT molecular complexity index is 1110. The number of ether oxygens (including phenoxy) is 2. The number of phenolic OH excluding ortho intramolecular Hbond substituents is 2. The average molecular weight is 530 g/mol. The van der Waals surface area contributed by atoms with Crippen molar-refractivity contribution in [2.24, 2.45) is 0 Å². The average Bonchev–Trinajstić information content (AvgIpc) is 2.85. The van der Waals surface area contributed by atoms with Gasteiger partial charge in [-0.05, 0) is 63.1 Å². The quantitative estimate of drug-likeness (QED) is 0.342. The summed E-state index contributed by atoms with van der Waals surface area (Å²) in [4.78, 5) is 52.7. The fourth-order valence-corrected chi connectivity index (χ4v) is 3.64. The number of phenols is 2. The van der Waals surface area contributed by atoms with Crippen LogP contribution in [-0.4, -0.2) is 70.8 Å². The van der Waals surface area contributed by atoms with Gasteiger partial charge >= 0.3 is 12.1 Å². The SMILES string of the molecule is CCN(C(=O)C(Cc1ccc(O)cc1)NC(=O)OC(C)(C)C)C(C(=O)NCC(=O)OC)c1ccc(O)cc1. The number of hydrogen-bond acceptors (Lipinski definition) is 8. The Balaban J connectivity index is 2.45. The molecule has 11 heteroatoms. The van der Waals surface area contributed by atoms with E-state index in [-0.39, 0.29) is 24.5 Å². The minimum atomic E-state index is -1.19. The molecule has 0 aliphatic rings. The van der Waals surface area contributed by atoms with E-state index in [1.807, 2.05) is 0 Å². The third kappa shape index (κ3) is 8.99. The van der Waals surface area contributed by atoms with Crippen LogP contribution in [0.2, 0.25) is 0 Å². The largest absolute Gasteiger partial charge is 0.508 e. The smallest absolute Gasteiger partial charge is 0.408 e. The highest BCUT2D eigenvalue weighted by Crippen LogP contribution is 2.25. The van der Waals surface area contributed by atoms with Crippen molar-refractivity contribution < 1.29 is 38.9 Å². The molecular formula is C27H35N3O8. The van der Waals surface area contributed by atoms with Gasteiger partial charge in [-0.15, -0.1) is 0 Å². The van der Waals surface area contributed by atoms with Crippen molar-refractivity contribution in [3.05, 3.63) is 59.7 Å². The molecule has 0 saturated heterocycles. The van der Waals surface area contributed by atoms with Crippen LogP contribution in [-0.2, 0) is 30.3 Å². The zero-order valence-electron chi connectivity index (χ0n) is 22.2. The highest BCUT2D eigenvalue weighted by Gasteiger charge is 2.35. The van der Waals surface area contributed by atoms with Gasteiger partial charge in [0, 0.05) is 13.0 Å². The number of carbonyl (C=O) groups is 4. The predicted molar refractivity (Wildman–Crippen MR) is 138 cm³/mol. The number of amides is 3. The molecule has 2 atom stereocenters. The number of carbonyl (C=O) groups excluding carboxylic acids is 4. The van der Waals surface area contributed by atoms with Crippen LogP contribution in [0.15, 0.2) is 48.5 Å². The summed E-state index contributed by atoms with van der Waals surface area (Å²) in [6, 6.07) is 9.55. The van der Waals surface area contributed by atoms with Gasteiger partial charge in [-0.1, -0.05) is 24.3 Å². The van der Waals surface area contributed by atoms with Crippen LogP contribution in [0, 0.1) is 0 Å². The van der Waals surface area contributed by atoms with E-state index in [4.69, 9.17) is 4.74 Å². The van der Waals surface area contributed by atoms with Gasteiger partial charge in [-0.2, -0.15) is 0 Å². The minimum absolute atomic E-state index is 0.0337. The zero-order valence-corrected chi connectivity index (χ0v) is 22.2. The molecule has 2 unspecified atom stereocenters. The van der Waals surface area contributed by atoms with E-state index in [0.717, 1.165) is 0 Å². The van der Waals surface area contributed by atoms with Crippen molar-refractivity contribution in [3.63, 3.8) is 0 Å². The lowest BCUT2D eigenvalue weighted by molar-refractivity contribution is -0.144. The fraction of sp³-hybridized carbons (Fsp3) is 0.407. The number of nitrogens with zero attached hydrogens (tertiary/aromatic N) is 1. The molecule has 2 aromatic rings. The second kappa shape index (κ2) is 13.3. The molecule has 2 rings (SSSR count). The number of esters is 1. The van der Waals surface area contributed by atoms with Crippen molar-refractivity contribution in [2.45, 2.75) is 51.8 Å². The number of rotatable bonds is 10. The summed E-state index contributed by atoms with van der Waals surface area (Å²) in [5.41, 5.74) is 0.203. The van der Waals surface area contributed by atoms with Crippen molar-refractivity contribution in [1.82, 2.24) is 15.5 Å². The van der Waals surface area contributed by atoms with E-state index >= 15 is 0 Å². The van der Waals surface area contributed by atoms with E-state index in [2.05, 4.69) is 15.4 Å². The first kappa shape index (κ1) is 29.9. The predicted octanol–water partition coefficient (Wildman–Crippen LogP) is 2.41. The maximum Gasteiger partial charge on any atom is 0.408 e. The van der Waals surface area contributed by atoms with Gasteiger partial charge in [0.2, 0.25) is 11.8 Å². The van der Waals surface area contributed by atoms with E-state index in [0.29, 0.717) is 11.1 Å². The van der Waals surface area contributed by atoms with Crippen molar-refractivity contribution >= 4 is 23.9 Å². The topological polar surface area (TPSA) is 154 Å². The van der Waals surface area contributed by atoms with Gasteiger partial charge in [-0.3, -0.25) is 14.4 Å². The lowest BCUT2D eigenvalue weighted by Crippen LogP contribution is -2.54. The summed E-state index contributed by atoms with van der Waals surface area (Å²) < 4.78 is 9.94. The molecular weight excluding hydrogens is 494 g/mol. The van der Waals surface area contributed by atoms with E-state index in [9.17, 15) is 29.4 Å². The van der Waals surface area contributed by atoms with Crippen molar-refractivity contribution in [1.29, 1.82) is 0 Å². The molecule has 206 valence electrons. The number of aromatic hydroxyl groups is 2. The van der Waals surface area contributed by atoms with Crippen molar-refractivity contribution in [3.8, 4) is 11.5 Å². The summed E-state index contributed by atoms with van der Waals surface area (Å²) in [6.45, 7) is 6.39. The molecule has 11 nitrogen and oxygen atoms in total. The third-order valence-corrected chi connectivity index (χ3v) is 5.39. The van der Waals surface area contributed by atoms with Gasteiger partial charge in [0.05, 0.1) is 7.11 Å². The number of hydrogen-bond donors (Lipinski definition) is 4. The molecule has 0 spiro atoms. The molecule has 0 fully saturated rings. The molecule has 0 bridgehead atoms. The van der Waals surface area contributed by atoms with Gasteiger partial charge < -0.3 is 35.2 Å². The monoisotopic (exact) mass is 529 g/mol. The maximum absolute atomic E-state index is 13.9. The van der Waals surface area contributed by atoms with Gasteiger partial charge in [0.1, 0.15) is 35.7 Å². The van der Waals surface area contributed by atoms with Crippen LogP contribution in [0.3, 0.4) is 0 Å². The molecule has 0 aromatic heterocycles. The first-order valence-electron chi connectivity index (χ1n) is 12.1. The highest BCUT2D eigenvalue weighted by atomic mass is 16.6. The molecule has 0 saturated carbocycles. The number of methoxy groups -OCH3 is 1. The van der Waals surface area contributed by atoms with Crippen LogP contribution in [0.25, 0.3) is 0 Å². The molecule has 38 heavy (non-hydrogen) atoms. The Morgan fingerprint density at radius 3 is 2.00 bits per heavy atom. The van der Waals surface area contributed by atoms with Crippen molar-refractivity contribution in [2.75, 3.05) is 20.2 Å². The summed E-state index contributed by atoms with van der Waals surface area (Å²) in [6.07, 6.45) is -0.775. The van der Waals surface area contributed by atoms with E-state index < -0.39 is 48.1 Å². The molecule has 2 aromatic carbocycles. The Morgan fingerprint density at radius 2 is 1.50 bits per heavy atom. The summed E-state index contributed by atoms with van der Waals surface area (Å²) in [5.74, 6) is -1.90. The van der Waals surface area contributed by atoms with Crippen LogP contribution >= 0.6 is 0 Å². The fourth-order valence-electron chi connectivity index (χ4n) is 3.64. The van der Waals surface area contributed by atoms with Gasteiger partial charge in [-0.25, -0.2) is 4.79 Å². The van der Waals surface area contributed by atoms with Crippen LogP contribution in [0.5, 0.6) is 11.5 Å². The molecule has 0 aliphatic carbocycles. The first-order valence-corrected chi connectivity index (χ1v) is 12.1. The first-order chi connectivity index (χ1) is 17.8. The Morgan fingerprint density at radius 1 is 0.947 bits per heavy atom. The lowest BCUT2D eigenvalue weighted by Gasteiger charge is -2.33. The van der Waals surface area contributed by atoms with Crippen LogP contribution in [0.4, 0.5) is 4.79 Å². The molecule has 0 heterocycles. The molecule has 3 amide bonds. The number of benzene rings is 2. The second-order valence-corrected chi connectivity index (χ2v) is 9.48. The van der Waals surface area contributed by atoms with Crippen LogP contribution in [0.1, 0.15) is 44.9 Å². The summed E-state index contributed by atoms with van der Waals surface area (Å²) >= 11 is 0. The van der Waals surface area contributed by atoms with Crippen LogP contribution < -0.4 is 10.6 Å². The van der Waals surface area contributed by atoms with Gasteiger partial charge in [0.25, 0.3) is 0 Å². The minimum Gasteiger partial charge on any atom is -0.508 e. The number of likely N-dealkylation sites (N-methyl/N-ethyl adjacent to an activating group) is 1. The molecule has 4 N–H and O–H groups in total. The normalized spacial score (nSPS) is 12.6. The van der Waals surface area contributed by atoms with E-state index in [1.165, 1.54) is 48.4 Å². The summed E-state index contributed by atoms with van der Waals surface area (Å²) in [5, 5.41) is 24.4. The zero-order chi connectivity index (χ0) is 28.5. The summed E-state index contributed by atoms with van der Waals surface area (Å²) in [7, 11) is 1.18. The third-order valence-electron chi connectivity index (χ3n) is 5.39. The Labute approximate surface area is 221 Å². The molecule has 0 radical (unpaired) electrons. The maximum atomic E-state index is 13.9.